The van der Waals surface area contributed by atoms with Crippen molar-refractivity contribution in [1.29, 1.82) is 0 Å². The maximum atomic E-state index is 12.8. The second-order valence-electron chi connectivity index (χ2n) is 6.85. The van der Waals surface area contributed by atoms with Crippen molar-refractivity contribution in [2.75, 3.05) is 12.4 Å². The standard InChI is InChI=1S/C22H19NO4/c1-22(13-16-9-11-19(27-16)20(24)26-2)17-12-15(14-6-4-3-5-7-14)8-10-18(17)23-21(22)25/h3-12H,13H2,1-2H3,(H,23,25). The minimum absolute atomic E-state index is 0.0845. The first-order chi connectivity index (χ1) is 13.0. The van der Waals surface area contributed by atoms with Gasteiger partial charge in [-0.15, -0.1) is 0 Å². The van der Waals surface area contributed by atoms with Crippen molar-refractivity contribution >= 4 is 17.6 Å². The molecule has 0 saturated carbocycles. The number of ether oxygens (including phenoxy) is 1. The van der Waals surface area contributed by atoms with Crippen LogP contribution in [0.1, 0.15) is 28.8 Å². The van der Waals surface area contributed by atoms with Crippen LogP contribution in [0.5, 0.6) is 0 Å². The van der Waals surface area contributed by atoms with Crippen LogP contribution in [0.4, 0.5) is 5.69 Å². The number of hydrogen-bond acceptors (Lipinski definition) is 4. The molecule has 1 N–H and O–H groups in total. The van der Waals surface area contributed by atoms with Gasteiger partial charge in [0.2, 0.25) is 11.7 Å². The van der Waals surface area contributed by atoms with E-state index < -0.39 is 11.4 Å². The minimum atomic E-state index is -0.786. The minimum Gasteiger partial charge on any atom is -0.463 e. The molecule has 5 nitrogen and oxygen atoms in total. The summed E-state index contributed by atoms with van der Waals surface area (Å²) in [5.74, 6) is 0.0755. The van der Waals surface area contributed by atoms with E-state index in [1.54, 1.807) is 12.1 Å². The van der Waals surface area contributed by atoms with E-state index >= 15 is 0 Å². The van der Waals surface area contributed by atoms with Gasteiger partial charge in [-0.3, -0.25) is 4.79 Å². The van der Waals surface area contributed by atoms with Gasteiger partial charge in [0.25, 0.3) is 0 Å². The van der Waals surface area contributed by atoms with Crippen LogP contribution in [0.2, 0.25) is 0 Å². The second kappa shape index (κ2) is 6.43. The van der Waals surface area contributed by atoms with Crippen molar-refractivity contribution in [3.8, 4) is 11.1 Å². The summed E-state index contributed by atoms with van der Waals surface area (Å²) in [6, 6.07) is 19.3. The third kappa shape index (κ3) is 2.91. The van der Waals surface area contributed by atoms with Gasteiger partial charge in [0.05, 0.1) is 12.5 Å². The van der Waals surface area contributed by atoms with Gasteiger partial charge >= 0.3 is 5.97 Å². The normalized spacial score (nSPS) is 18.1. The van der Waals surface area contributed by atoms with Crippen molar-refractivity contribution in [3.63, 3.8) is 0 Å². The molecule has 0 fully saturated rings. The van der Waals surface area contributed by atoms with E-state index in [0.29, 0.717) is 12.2 Å². The van der Waals surface area contributed by atoms with Crippen molar-refractivity contribution in [2.45, 2.75) is 18.8 Å². The number of fused-ring (bicyclic) bond motifs is 1. The van der Waals surface area contributed by atoms with Crippen molar-refractivity contribution in [2.24, 2.45) is 0 Å². The highest BCUT2D eigenvalue weighted by Gasteiger charge is 2.43. The van der Waals surface area contributed by atoms with Gasteiger partial charge in [0.15, 0.2) is 0 Å². The number of methoxy groups -OCH3 is 1. The molecule has 136 valence electrons. The second-order valence-corrected chi connectivity index (χ2v) is 6.85. The van der Waals surface area contributed by atoms with Crippen molar-refractivity contribution < 1.29 is 18.7 Å². The monoisotopic (exact) mass is 361 g/mol. The van der Waals surface area contributed by atoms with Gasteiger partial charge in [-0.1, -0.05) is 36.4 Å². The number of nitrogens with one attached hydrogen (secondary N) is 1. The van der Waals surface area contributed by atoms with E-state index in [1.807, 2.05) is 55.5 Å². The molecule has 1 amide bonds. The van der Waals surface area contributed by atoms with Gasteiger partial charge < -0.3 is 14.5 Å². The Hall–Kier alpha value is -3.34. The van der Waals surface area contributed by atoms with E-state index in [2.05, 4.69) is 10.1 Å². The van der Waals surface area contributed by atoms with Crippen molar-refractivity contribution in [1.82, 2.24) is 0 Å². The molecule has 1 aliphatic rings. The summed E-state index contributed by atoms with van der Waals surface area (Å²) in [5, 5.41) is 2.96. The molecule has 1 aliphatic heterocycles. The molecule has 27 heavy (non-hydrogen) atoms. The number of hydrogen-bond donors (Lipinski definition) is 1. The number of furan rings is 1. The molecule has 0 radical (unpaired) electrons. The van der Waals surface area contributed by atoms with E-state index in [-0.39, 0.29) is 11.7 Å². The SMILES string of the molecule is COC(=O)c1ccc(CC2(C)C(=O)Nc3ccc(-c4ccccc4)cc32)o1. The Morgan fingerprint density at radius 2 is 1.85 bits per heavy atom. The molecule has 3 aromatic rings. The average molecular weight is 361 g/mol. The lowest BCUT2D eigenvalue weighted by atomic mass is 9.79. The van der Waals surface area contributed by atoms with Crippen LogP contribution < -0.4 is 5.32 Å². The van der Waals surface area contributed by atoms with E-state index in [0.717, 1.165) is 22.4 Å². The van der Waals surface area contributed by atoms with Gasteiger partial charge in [-0.05, 0) is 47.9 Å². The molecular formula is C22H19NO4. The third-order valence-electron chi connectivity index (χ3n) is 5.05. The summed E-state index contributed by atoms with van der Waals surface area (Å²) in [4.78, 5) is 24.4. The number of amides is 1. The molecule has 0 aliphatic carbocycles. The van der Waals surface area contributed by atoms with Crippen LogP contribution in [0.25, 0.3) is 11.1 Å². The Morgan fingerprint density at radius 1 is 1.07 bits per heavy atom. The summed E-state index contributed by atoms with van der Waals surface area (Å²) in [6.07, 6.45) is 0.348. The molecule has 0 spiro atoms. The molecule has 0 saturated heterocycles. The zero-order valence-corrected chi connectivity index (χ0v) is 15.1. The average Bonchev–Trinajstić information content (AvgIpc) is 3.25. The van der Waals surface area contributed by atoms with Crippen LogP contribution in [-0.2, 0) is 21.4 Å². The molecule has 5 heteroatoms. The molecule has 1 unspecified atom stereocenters. The highest BCUT2D eigenvalue weighted by Crippen LogP contribution is 2.42. The van der Waals surface area contributed by atoms with E-state index in [1.165, 1.54) is 7.11 Å². The molecule has 2 heterocycles. The largest absolute Gasteiger partial charge is 0.463 e. The predicted molar refractivity (Wildman–Crippen MR) is 102 cm³/mol. The summed E-state index contributed by atoms with van der Waals surface area (Å²) in [7, 11) is 1.30. The number of anilines is 1. The summed E-state index contributed by atoms with van der Waals surface area (Å²) < 4.78 is 10.3. The molecule has 4 rings (SSSR count). The fraction of sp³-hybridized carbons (Fsp3) is 0.182. The van der Waals surface area contributed by atoms with Crippen LogP contribution in [0, 0.1) is 0 Å². The fourth-order valence-electron chi connectivity index (χ4n) is 3.51. The molecular weight excluding hydrogens is 342 g/mol. The summed E-state index contributed by atoms with van der Waals surface area (Å²) >= 11 is 0. The van der Waals surface area contributed by atoms with Crippen LogP contribution >= 0.6 is 0 Å². The Bertz CT molecular complexity index is 1020. The number of carbonyl (C=O) groups is 2. The lowest BCUT2D eigenvalue weighted by Gasteiger charge is -2.21. The molecule has 2 aromatic carbocycles. The molecule has 1 aromatic heterocycles. The smallest absolute Gasteiger partial charge is 0.373 e. The fourth-order valence-corrected chi connectivity index (χ4v) is 3.51. The maximum absolute atomic E-state index is 12.8. The van der Waals surface area contributed by atoms with Gasteiger partial charge in [-0.2, -0.15) is 0 Å². The molecule has 1 atom stereocenters. The first-order valence-corrected chi connectivity index (χ1v) is 8.70. The predicted octanol–water partition coefficient (Wildman–Crippen LogP) is 4.19. The Labute approximate surface area is 157 Å². The lowest BCUT2D eigenvalue weighted by molar-refractivity contribution is -0.120. The third-order valence-corrected chi connectivity index (χ3v) is 5.05. The van der Waals surface area contributed by atoms with E-state index in [9.17, 15) is 9.59 Å². The number of benzene rings is 2. The Morgan fingerprint density at radius 3 is 2.59 bits per heavy atom. The van der Waals surface area contributed by atoms with Gasteiger partial charge in [0, 0.05) is 12.1 Å². The number of esters is 1. The summed E-state index contributed by atoms with van der Waals surface area (Å²) in [5.41, 5.74) is 3.08. The molecule has 0 bridgehead atoms. The summed E-state index contributed by atoms with van der Waals surface area (Å²) in [6.45, 7) is 1.89. The maximum Gasteiger partial charge on any atom is 0.373 e. The van der Waals surface area contributed by atoms with Crippen LogP contribution in [0.3, 0.4) is 0 Å². The van der Waals surface area contributed by atoms with Crippen LogP contribution in [-0.4, -0.2) is 19.0 Å². The zero-order valence-electron chi connectivity index (χ0n) is 15.1. The van der Waals surface area contributed by atoms with Gasteiger partial charge in [-0.25, -0.2) is 4.79 Å². The Kier molecular flexibility index (Phi) is 4.07. The Balaban J connectivity index is 1.71. The first kappa shape index (κ1) is 17.1. The quantitative estimate of drug-likeness (QED) is 0.708. The van der Waals surface area contributed by atoms with E-state index in [4.69, 9.17) is 4.42 Å². The zero-order chi connectivity index (χ0) is 19.0. The highest BCUT2D eigenvalue weighted by molar-refractivity contribution is 6.06. The topological polar surface area (TPSA) is 68.5 Å². The van der Waals surface area contributed by atoms with Crippen LogP contribution in [0.15, 0.2) is 65.1 Å². The number of rotatable bonds is 4. The highest BCUT2D eigenvalue weighted by atomic mass is 16.5. The number of carbonyl (C=O) groups excluding carboxylic acids is 2. The van der Waals surface area contributed by atoms with Crippen molar-refractivity contribution in [3.05, 3.63) is 77.7 Å². The first-order valence-electron chi connectivity index (χ1n) is 8.70. The van der Waals surface area contributed by atoms with Gasteiger partial charge in [0.1, 0.15) is 5.76 Å². The lowest BCUT2D eigenvalue weighted by Crippen LogP contribution is -2.33.